The Labute approximate surface area is 179 Å². The molecule has 0 bridgehead atoms. The summed E-state index contributed by atoms with van der Waals surface area (Å²) < 4.78 is 18.6. The van der Waals surface area contributed by atoms with Crippen LogP contribution in [0.2, 0.25) is 5.15 Å². The van der Waals surface area contributed by atoms with Crippen LogP contribution in [0.1, 0.15) is 18.2 Å². The lowest BCUT2D eigenvalue weighted by Crippen LogP contribution is -2.33. The second kappa shape index (κ2) is 8.02. The average Bonchev–Trinajstić information content (AvgIpc) is 3.21. The maximum Gasteiger partial charge on any atom is 0.410 e. The molecular weight excluding hydrogens is 408 g/mol. The second-order valence-electron chi connectivity index (χ2n) is 7.33. The molecule has 8 nitrogen and oxygen atoms in total. The van der Waals surface area contributed by atoms with Gasteiger partial charge in [-0.3, -0.25) is 4.68 Å². The van der Waals surface area contributed by atoms with Gasteiger partial charge in [-0.15, -0.1) is 0 Å². The quantitative estimate of drug-likeness (QED) is 0.554. The summed E-state index contributed by atoms with van der Waals surface area (Å²) in [5.41, 5.74) is 2.62. The van der Waals surface area contributed by atoms with Gasteiger partial charge >= 0.3 is 6.09 Å². The van der Waals surface area contributed by atoms with Crippen LogP contribution in [0.25, 0.3) is 10.9 Å². The summed E-state index contributed by atoms with van der Waals surface area (Å²) in [7, 11) is 3.47. The largest absolute Gasteiger partial charge is 0.497 e. The molecule has 3 heterocycles. The predicted molar refractivity (Wildman–Crippen MR) is 112 cm³/mol. The molecule has 0 aliphatic carbocycles. The number of halogens is 1. The summed E-state index contributed by atoms with van der Waals surface area (Å²) in [6.07, 6.45) is -1.21. The number of hydrogen-bond acceptors (Lipinski definition) is 6. The summed E-state index contributed by atoms with van der Waals surface area (Å²) in [5.74, 6) is 1.16. The van der Waals surface area contributed by atoms with Gasteiger partial charge in [-0.25, -0.2) is 9.78 Å². The molecule has 30 heavy (non-hydrogen) atoms. The van der Waals surface area contributed by atoms with Crippen LogP contribution in [0, 0.1) is 6.92 Å². The standard InChI is InChI=1S/C21H23ClN4O4/c1-12-19-16(24-25(12)3)9-18(22)23-20(19)29-13(2)17-11-26(21(27)30-17)10-14-5-7-15(28-4)8-6-14/h5-9,13,17H,10-11H2,1-4H3/t13-,17?/m1/s1. The van der Waals surface area contributed by atoms with Gasteiger partial charge in [-0.1, -0.05) is 23.7 Å². The van der Waals surface area contributed by atoms with E-state index in [0.717, 1.165) is 22.4 Å². The van der Waals surface area contributed by atoms with E-state index in [1.165, 1.54) is 0 Å². The fourth-order valence-electron chi connectivity index (χ4n) is 3.49. The minimum atomic E-state index is -0.427. The van der Waals surface area contributed by atoms with Crippen molar-refractivity contribution in [3.05, 3.63) is 46.7 Å². The van der Waals surface area contributed by atoms with Gasteiger partial charge < -0.3 is 19.1 Å². The lowest BCUT2D eigenvalue weighted by atomic mass is 10.2. The molecular formula is C21H23ClN4O4. The molecule has 1 amide bonds. The van der Waals surface area contributed by atoms with Crippen molar-refractivity contribution in [1.82, 2.24) is 19.7 Å². The van der Waals surface area contributed by atoms with Crippen molar-refractivity contribution < 1.29 is 19.0 Å². The first-order valence-corrected chi connectivity index (χ1v) is 9.98. The number of aromatic nitrogens is 3. The summed E-state index contributed by atoms with van der Waals surface area (Å²) in [4.78, 5) is 18.4. The van der Waals surface area contributed by atoms with Gasteiger partial charge in [0.05, 0.1) is 19.0 Å². The molecule has 2 aromatic heterocycles. The zero-order valence-corrected chi connectivity index (χ0v) is 18.0. The summed E-state index contributed by atoms with van der Waals surface area (Å²) in [5, 5.41) is 5.53. The van der Waals surface area contributed by atoms with E-state index < -0.39 is 12.2 Å². The van der Waals surface area contributed by atoms with E-state index >= 15 is 0 Å². The third kappa shape index (κ3) is 3.87. The predicted octanol–water partition coefficient (Wildman–Crippen LogP) is 3.73. The minimum Gasteiger partial charge on any atom is -0.497 e. The van der Waals surface area contributed by atoms with Crippen LogP contribution in [0.15, 0.2) is 30.3 Å². The molecule has 158 valence electrons. The van der Waals surface area contributed by atoms with Crippen molar-refractivity contribution in [2.24, 2.45) is 7.05 Å². The number of aryl methyl sites for hydroxylation is 2. The SMILES string of the molecule is COc1ccc(CN2CC([C@@H](C)Oc3nc(Cl)cc4nn(C)c(C)c34)OC2=O)cc1. The molecule has 1 saturated heterocycles. The lowest BCUT2D eigenvalue weighted by molar-refractivity contribution is 0.0562. The Bertz CT molecular complexity index is 1080. The van der Waals surface area contributed by atoms with Crippen LogP contribution in [0.4, 0.5) is 4.79 Å². The van der Waals surface area contributed by atoms with Crippen LogP contribution in [-0.4, -0.2) is 51.6 Å². The Kier molecular flexibility index (Phi) is 5.42. The zero-order chi connectivity index (χ0) is 21.4. The van der Waals surface area contributed by atoms with E-state index in [-0.39, 0.29) is 6.09 Å². The number of carbonyl (C=O) groups excluding carboxylic acids is 1. The highest BCUT2D eigenvalue weighted by Gasteiger charge is 2.36. The Hall–Kier alpha value is -3.00. The van der Waals surface area contributed by atoms with Gasteiger partial charge in [0.25, 0.3) is 0 Å². The first kappa shape index (κ1) is 20.3. The summed E-state index contributed by atoms with van der Waals surface area (Å²) >= 11 is 6.14. The van der Waals surface area contributed by atoms with Gasteiger partial charge in [0.1, 0.15) is 22.5 Å². The molecule has 1 aliphatic rings. The van der Waals surface area contributed by atoms with Crippen molar-refractivity contribution in [2.45, 2.75) is 32.6 Å². The highest BCUT2D eigenvalue weighted by Crippen LogP contribution is 2.30. The molecule has 1 fully saturated rings. The van der Waals surface area contributed by atoms with Gasteiger partial charge in [0.15, 0.2) is 6.10 Å². The monoisotopic (exact) mass is 430 g/mol. The highest BCUT2D eigenvalue weighted by molar-refractivity contribution is 6.30. The molecule has 2 atom stereocenters. The van der Waals surface area contributed by atoms with Crippen LogP contribution in [0.5, 0.6) is 11.6 Å². The molecule has 3 aromatic rings. The number of hydrogen-bond donors (Lipinski definition) is 0. The number of methoxy groups -OCH3 is 1. The average molecular weight is 431 g/mol. The van der Waals surface area contributed by atoms with Crippen molar-refractivity contribution >= 4 is 28.6 Å². The van der Waals surface area contributed by atoms with E-state index in [4.69, 9.17) is 25.8 Å². The van der Waals surface area contributed by atoms with Crippen molar-refractivity contribution in [1.29, 1.82) is 0 Å². The molecule has 0 spiro atoms. The zero-order valence-electron chi connectivity index (χ0n) is 17.3. The highest BCUT2D eigenvalue weighted by atomic mass is 35.5. The number of amides is 1. The number of carbonyl (C=O) groups is 1. The number of benzene rings is 1. The van der Waals surface area contributed by atoms with Crippen molar-refractivity contribution in [2.75, 3.05) is 13.7 Å². The van der Waals surface area contributed by atoms with Crippen LogP contribution in [0.3, 0.4) is 0 Å². The van der Waals surface area contributed by atoms with E-state index in [9.17, 15) is 4.79 Å². The topological polar surface area (TPSA) is 78.7 Å². The molecule has 1 unspecified atom stereocenters. The van der Waals surface area contributed by atoms with Crippen molar-refractivity contribution in [3.63, 3.8) is 0 Å². The molecule has 1 aliphatic heterocycles. The molecule has 4 rings (SSSR count). The fourth-order valence-corrected chi connectivity index (χ4v) is 3.67. The van der Waals surface area contributed by atoms with Gasteiger partial charge in [-0.2, -0.15) is 5.10 Å². The third-order valence-corrected chi connectivity index (χ3v) is 5.50. The number of ether oxygens (including phenoxy) is 3. The van der Waals surface area contributed by atoms with Crippen molar-refractivity contribution in [3.8, 4) is 11.6 Å². The molecule has 0 radical (unpaired) electrons. The smallest absolute Gasteiger partial charge is 0.410 e. The van der Waals surface area contributed by atoms with E-state index in [1.54, 1.807) is 22.8 Å². The maximum absolute atomic E-state index is 12.4. The lowest BCUT2D eigenvalue weighted by Gasteiger charge is -2.19. The maximum atomic E-state index is 12.4. The van der Waals surface area contributed by atoms with E-state index in [0.29, 0.717) is 29.6 Å². The number of fused-ring (bicyclic) bond motifs is 1. The van der Waals surface area contributed by atoms with E-state index in [2.05, 4.69) is 10.1 Å². The third-order valence-electron chi connectivity index (χ3n) is 5.30. The minimum absolute atomic E-state index is 0.298. The Morgan fingerprint density at radius 1 is 1.33 bits per heavy atom. The van der Waals surface area contributed by atoms with Gasteiger partial charge in [0.2, 0.25) is 5.88 Å². The Morgan fingerprint density at radius 3 is 2.77 bits per heavy atom. The normalized spacial score (nSPS) is 17.3. The molecule has 1 aromatic carbocycles. The Balaban J connectivity index is 1.47. The van der Waals surface area contributed by atoms with Gasteiger partial charge in [-0.05, 0) is 31.5 Å². The second-order valence-corrected chi connectivity index (χ2v) is 7.71. The molecule has 0 saturated carbocycles. The number of pyridine rings is 1. The van der Waals surface area contributed by atoms with Gasteiger partial charge in [0, 0.05) is 25.4 Å². The van der Waals surface area contributed by atoms with Crippen LogP contribution in [-0.2, 0) is 18.3 Å². The fraction of sp³-hybridized carbons (Fsp3) is 0.381. The summed E-state index contributed by atoms with van der Waals surface area (Å²) in [6, 6.07) is 9.29. The molecule has 9 heteroatoms. The number of rotatable bonds is 6. The summed E-state index contributed by atoms with van der Waals surface area (Å²) in [6.45, 7) is 4.67. The Morgan fingerprint density at radius 2 is 2.07 bits per heavy atom. The molecule has 0 N–H and O–H groups in total. The van der Waals surface area contributed by atoms with Crippen LogP contribution >= 0.6 is 11.6 Å². The number of nitrogens with zero attached hydrogens (tertiary/aromatic N) is 4. The van der Waals surface area contributed by atoms with E-state index in [1.807, 2.05) is 45.2 Å². The first-order valence-electron chi connectivity index (χ1n) is 9.60. The number of cyclic esters (lactones) is 1. The van der Waals surface area contributed by atoms with Crippen LogP contribution < -0.4 is 9.47 Å². The first-order chi connectivity index (χ1) is 14.4.